The number of halogens is 1. The Morgan fingerprint density at radius 1 is 1.35 bits per heavy atom. The van der Waals surface area contributed by atoms with E-state index in [-0.39, 0.29) is 18.3 Å². The normalized spacial score (nSPS) is 12.0. The van der Waals surface area contributed by atoms with Gasteiger partial charge in [0.15, 0.2) is 5.76 Å². The van der Waals surface area contributed by atoms with E-state index in [0.717, 1.165) is 0 Å². The maximum atomic E-state index is 12.2. The summed E-state index contributed by atoms with van der Waals surface area (Å²) in [4.78, 5) is 28.1. The number of pyridine rings is 1. The molecule has 0 radical (unpaired) electrons. The molecular formula is C16H17ClN2O4. The number of rotatable bonds is 6. The number of nitrogens with zero attached hydrogens (tertiary/aromatic N) is 1. The van der Waals surface area contributed by atoms with Crippen LogP contribution in [0.25, 0.3) is 0 Å². The fraction of sp³-hybridized carbons (Fsp3) is 0.312. The topological polar surface area (TPSA) is 81.4 Å². The van der Waals surface area contributed by atoms with Crippen LogP contribution in [0.4, 0.5) is 0 Å². The number of hydrogen-bond donors (Lipinski definition) is 1. The van der Waals surface area contributed by atoms with Crippen LogP contribution in [-0.2, 0) is 16.1 Å². The molecule has 23 heavy (non-hydrogen) atoms. The van der Waals surface area contributed by atoms with E-state index in [2.05, 4.69) is 10.3 Å². The lowest BCUT2D eigenvalue weighted by Gasteiger charge is -2.20. The lowest BCUT2D eigenvalue weighted by atomic mass is 10.0. The summed E-state index contributed by atoms with van der Waals surface area (Å²) < 4.78 is 10.3. The van der Waals surface area contributed by atoms with Crippen molar-refractivity contribution in [3.8, 4) is 0 Å². The van der Waals surface area contributed by atoms with E-state index in [1.807, 2.05) is 13.8 Å². The Labute approximate surface area is 138 Å². The maximum absolute atomic E-state index is 12.2. The standard InChI is InChI=1S/C16H17ClN2O4/c1-10(2)14(19-15(20)12-4-3-7-22-12)16(21)23-9-11-5-6-13(17)18-8-11/h3-8,10,14H,9H2,1-2H3,(H,19,20)/t14-/m1/s1. The van der Waals surface area contributed by atoms with Crippen molar-refractivity contribution >= 4 is 23.5 Å². The number of carbonyl (C=O) groups is 2. The van der Waals surface area contributed by atoms with Crippen molar-refractivity contribution in [2.45, 2.75) is 26.5 Å². The molecular weight excluding hydrogens is 320 g/mol. The minimum Gasteiger partial charge on any atom is -0.459 e. The molecule has 1 atom stereocenters. The Bertz CT molecular complexity index is 653. The molecule has 0 aliphatic carbocycles. The number of carbonyl (C=O) groups excluding carboxylic acids is 2. The molecule has 0 spiro atoms. The molecule has 2 rings (SSSR count). The number of furan rings is 1. The summed E-state index contributed by atoms with van der Waals surface area (Å²) in [6.45, 7) is 3.69. The quantitative estimate of drug-likeness (QED) is 0.648. The van der Waals surface area contributed by atoms with Crippen molar-refractivity contribution in [3.05, 3.63) is 53.2 Å². The second-order valence-electron chi connectivity index (χ2n) is 5.27. The van der Waals surface area contributed by atoms with Crippen molar-refractivity contribution in [1.29, 1.82) is 0 Å². The van der Waals surface area contributed by atoms with E-state index in [0.29, 0.717) is 10.7 Å². The van der Waals surface area contributed by atoms with Crippen LogP contribution in [0.5, 0.6) is 0 Å². The van der Waals surface area contributed by atoms with Gasteiger partial charge >= 0.3 is 5.97 Å². The summed E-state index contributed by atoms with van der Waals surface area (Å²) in [7, 11) is 0. The minimum absolute atomic E-state index is 0.0584. The fourth-order valence-electron chi connectivity index (χ4n) is 1.85. The van der Waals surface area contributed by atoms with Crippen LogP contribution in [0.1, 0.15) is 30.0 Å². The second-order valence-corrected chi connectivity index (χ2v) is 5.66. The molecule has 2 aromatic heterocycles. The first-order valence-corrected chi connectivity index (χ1v) is 7.46. The number of ether oxygens (including phenoxy) is 1. The van der Waals surface area contributed by atoms with Crippen molar-refractivity contribution < 1.29 is 18.7 Å². The van der Waals surface area contributed by atoms with Crippen molar-refractivity contribution in [2.24, 2.45) is 5.92 Å². The van der Waals surface area contributed by atoms with Gasteiger partial charge in [0, 0.05) is 11.8 Å². The van der Waals surface area contributed by atoms with Gasteiger partial charge in [-0.25, -0.2) is 9.78 Å². The third-order valence-electron chi connectivity index (χ3n) is 3.12. The molecule has 2 aromatic rings. The second kappa shape index (κ2) is 7.78. The van der Waals surface area contributed by atoms with Gasteiger partial charge in [0.25, 0.3) is 5.91 Å². The average Bonchev–Trinajstić information content (AvgIpc) is 3.05. The van der Waals surface area contributed by atoms with Crippen LogP contribution >= 0.6 is 11.6 Å². The number of esters is 1. The van der Waals surface area contributed by atoms with Gasteiger partial charge in [0.1, 0.15) is 17.8 Å². The molecule has 1 amide bonds. The molecule has 2 heterocycles. The van der Waals surface area contributed by atoms with Gasteiger partial charge in [0.05, 0.1) is 6.26 Å². The molecule has 0 aliphatic heterocycles. The number of amides is 1. The summed E-state index contributed by atoms with van der Waals surface area (Å²) >= 11 is 5.70. The summed E-state index contributed by atoms with van der Waals surface area (Å²) in [5.41, 5.74) is 0.711. The van der Waals surface area contributed by atoms with Gasteiger partial charge in [-0.15, -0.1) is 0 Å². The van der Waals surface area contributed by atoms with Crippen molar-refractivity contribution in [2.75, 3.05) is 0 Å². The molecule has 0 saturated heterocycles. The van der Waals surface area contributed by atoms with E-state index in [1.54, 1.807) is 18.2 Å². The first kappa shape index (κ1) is 17.0. The third kappa shape index (κ3) is 4.82. The van der Waals surface area contributed by atoms with Gasteiger partial charge in [0.2, 0.25) is 0 Å². The Morgan fingerprint density at radius 2 is 2.13 bits per heavy atom. The smallest absolute Gasteiger partial charge is 0.329 e. The molecule has 122 valence electrons. The lowest BCUT2D eigenvalue weighted by molar-refractivity contribution is -0.148. The zero-order valence-electron chi connectivity index (χ0n) is 12.8. The van der Waals surface area contributed by atoms with Crippen LogP contribution < -0.4 is 5.32 Å². The van der Waals surface area contributed by atoms with Gasteiger partial charge < -0.3 is 14.5 Å². The minimum atomic E-state index is -0.771. The van der Waals surface area contributed by atoms with E-state index in [1.165, 1.54) is 18.5 Å². The Kier molecular flexibility index (Phi) is 5.76. The molecule has 0 bridgehead atoms. The molecule has 0 aromatic carbocycles. The van der Waals surface area contributed by atoms with Gasteiger partial charge in [-0.2, -0.15) is 0 Å². The number of aromatic nitrogens is 1. The highest BCUT2D eigenvalue weighted by atomic mass is 35.5. The lowest BCUT2D eigenvalue weighted by Crippen LogP contribution is -2.45. The Morgan fingerprint density at radius 3 is 2.70 bits per heavy atom. The summed E-state index contributed by atoms with van der Waals surface area (Å²) in [6, 6.07) is 5.69. The summed E-state index contributed by atoms with van der Waals surface area (Å²) in [6.07, 6.45) is 2.92. The van der Waals surface area contributed by atoms with E-state index < -0.39 is 17.9 Å². The summed E-state index contributed by atoms with van der Waals surface area (Å²) in [5, 5.41) is 2.99. The van der Waals surface area contributed by atoms with E-state index in [9.17, 15) is 9.59 Å². The van der Waals surface area contributed by atoms with Crippen LogP contribution in [0.2, 0.25) is 5.15 Å². The SMILES string of the molecule is CC(C)[C@@H](NC(=O)c1ccco1)C(=O)OCc1ccc(Cl)nc1. The molecule has 0 aliphatic rings. The monoisotopic (exact) mass is 336 g/mol. The fourth-order valence-corrected chi connectivity index (χ4v) is 1.97. The largest absolute Gasteiger partial charge is 0.459 e. The first-order valence-electron chi connectivity index (χ1n) is 7.09. The van der Waals surface area contributed by atoms with Crippen LogP contribution in [0, 0.1) is 5.92 Å². The zero-order valence-corrected chi connectivity index (χ0v) is 13.5. The zero-order chi connectivity index (χ0) is 16.8. The highest BCUT2D eigenvalue weighted by Gasteiger charge is 2.27. The third-order valence-corrected chi connectivity index (χ3v) is 3.35. The highest BCUT2D eigenvalue weighted by Crippen LogP contribution is 2.10. The Balaban J connectivity index is 1.95. The molecule has 0 saturated carbocycles. The predicted molar refractivity (Wildman–Crippen MR) is 83.8 cm³/mol. The number of nitrogens with one attached hydrogen (secondary N) is 1. The molecule has 0 fully saturated rings. The van der Waals surface area contributed by atoms with Crippen LogP contribution in [0.15, 0.2) is 41.1 Å². The maximum Gasteiger partial charge on any atom is 0.329 e. The Hall–Kier alpha value is -2.34. The van der Waals surface area contributed by atoms with E-state index in [4.69, 9.17) is 20.8 Å². The average molecular weight is 337 g/mol. The number of hydrogen-bond acceptors (Lipinski definition) is 5. The molecule has 7 heteroatoms. The van der Waals surface area contributed by atoms with Crippen LogP contribution in [-0.4, -0.2) is 22.9 Å². The highest BCUT2D eigenvalue weighted by molar-refractivity contribution is 6.29. The van der Waals surface area contributed by atoms with Crippen molar-refractivity contribution in [3.63, 3.8) is 0 Å². The summed E-state index contributed by atoms with van der Waals surface area (Å²) in [5.74, 6) is -0.969. The van der Waals surface area contributed by atoms with Crippen LogP contribution in [0.3, 0.4) is 0 Å². The molecule has 0 unspecified atom stereocenters. The molecule has 1 N–H and O–H groups in total. The van der Waals surface area contributed by atoms with Crippen molar-refractivity contribution in [1.82, 2.24) is 10.3 Å². The first-order chi connectivity index (χ1) is 11.0. The van der Waals surface area contributed by atoms with Gasteiger partial charge in [-0.1, -0.05) is 31.5 Å². The van der Waals surface area contributed by atoms with E-state index >= 15 is 0 Å². The van der Waals surface area contributed by atoms with Gasteiger partial charge in [-0.3, -0.25) is 4.79 Å². The predicted octanol–water partition coefficient (Wildman–Crippen LogP) is 2.83. The van der Waals surface area contributed by atoms with Gasteiger partial charge in [-0.05, 0) is 24.1 Å². The molecule has 6 nitrogen and oxygen atoms in total.